The Morgan fingerprint density at radius 2 is 1.93 bits per heavy atom. The van der Waals surface area contributed by atoms with Gasteiger partial charge in [0.25, 0.3) is 0 Å². The second kappa shape index (κ2) is 3.19. The second-order valence-electron chi connectivity index (χ2n) is 3.52. The highest BCUT2D eigenvalue weighted by Crippen LogP contribution is 2.40. The maximum absolute atomic E-state index is 12.0. The van der Waals surface area contributed by atoms with Crippen LogP contribution in [0.4, 0.5) is 18.9 Å². The number of hydrogen-bond acceptors (Lipinski definition) is 1. The van der Waals surface area contributed by atoms with Crippen LogP contribution in [0.5, 0.6) is 0 Å². The van der Waals surface area contributed by atoms with Gasteiger partial charge in [-0.25, -0.2) is 0 Å². The highest BCUT2D eigenvalue weighted by Gasteiger charge is 2.28. The molecule has 1 aromatic carbocycles. The molecule has 0 spiro atoms. The molecule has 0 saturated heterocycles. The van der Waals surface area contributed by atoms with E-state index < -0.39 is 6.30 Å². The summed E-state index contributed by atoms with van der Waals surface area (Å²) in [6, 6.07) is 6.53. The van der Waals surface area contributed by atoms with Crippen LogP contribution >= 0.6 is 0 Å². The third kappa shape index (κ3) is 2.40. The molecule has 4 heteroatoms. The molecular weight excluding hydrogens is 191 g/mol. The van der Waals surface area contributed by atoms with Gasteiger partial charge in [-0.15, -0.1) is 0 Å². The van der Waals surface area contributed by atoms with Gasteiger partial charge in [0.05, 0.1) is 0 Å². The van der Waals surface area contributed by atoms with Crippen molar-refractivity contribution in [3.8, 4) is 0 Å². The van der Waals surface area contributed by atoms with Gasteiger partial charge >= 0.3 is 6.30 Å². The van der Waals surface area contributed by atoms with Gasteiger partial charge in [0.15, 0.2) is 0 Å². The van der Waals surface area contributed by atoms with E-state index in [1.807, 2.05) is 6.07 Å². The fourth-order valence-electron chi connectivity index (χ4n) is 1.45. The molecule has 1 nitrogen and oxygen atoms in total. The number of halogens is 3. The van der Waals surface area contributed by atoms with Crippen LogP contribution in [0, 0.1) is 0 Å². The van der Waals surface area contributed by atoms with Gasteiger partial charge in [0.2, 0.25) is 0 Å². The summed E-state index contributed by atoms with van der Waals surface area (Å²) in [5.41, 5.74) is 1.13. The van der Waals surface area contributed by atoms with E-state index in [9.17, 15) is 13.2 Å². The molecule has 1 N–H and O–H groups in total. The summed E-state index contributed by atoms with van der Waals surface area (Å²) in [6.07, 6.45) is -2.16. The molecule has 1 aromatic rings. The Morgan fingerprint density at radius 1 is 1.21 bits per heavy atom. The zero-order chi connectivity index (χ0) is 10.2. The van der Waals surface area contributed by atoms with Crippen LogP contribution in [0.1, 0.15) is 24.3 Å². The van der Waals surface area contributed by atoms with Crippen molar-refractivity contribution in [3.05, 3.63) is 29.8 Å². The maximum atomic E-state index is 12.0. The van der Waals surface area contributed by atoms with E-state index in [1.54, 1.807) is 12.1 Å². The first-order valence-corrected chi connectivity index (χ1v) is 4.49. The largest absolute Gasteiger partial charge is 0.482 e. The molecule has 76 valence electrons. The van der Waals surface area contributed by atoms with Gasteiger partial charge < -0.3 is 0 Å². The van der Waals surface area contributed by atoms with Gasteiger partial charge in [-0.05, 0) is 36.5 Å². The molecule has 1 aliphatic rings. The Hall–Kier alpha value is -1.19. The summed E-state index contributed by atoms with van der Waals surface area (Å²) < 4.78 is 35.9. The van der Waals surface area contributed by atoms with Crippen LogP contribution in [-0.2, 0) is 0 Å². The zero-order valence-corrected chi connectivity index (χ0v) is 7.43. The molecule has 0 radical (unpaired) electrons. The monoisotopic (exact) mass is 201 g/mol. The summed E-state index contributed by atoms with van der Waals surface area (Å²) in [7, 11) is 0. The van der Waals surface area contributed by atoms with Crippen molar-refractivity contribution in [2.75, 3.05) is 5.32 Å². The first-order valence-electron chi connectivity index (χ1n) is 4.49. The number of anilines is 1. The van der Waals surface area contributed by atoms with Crippen molar-refractivity contribution in [3.63, 3.8) is 0 Å². The summed E-state index contributed by atoms with van der Waals surface area (Å²) in [4.78, 5) is 0. The number of benzene rings is 1. The highest BCUT2D eigenvalue weighted by atomic mass is 19.4. The molecule has 1 aliphatic carbocycles. The van der Waals surface area contributed by atoms with Crippen LogP contribution in [0.3, 0.4) is 0 Å². The molecule has 2 rings (SSSR count). The fourth-order valence-corrected chi connectivity index (χ4v) is 1.45. The topological polar surface area (TPSA) is 12.0 Å². The van der Waals surface area contributed by atoms with E-state index in [0.717, 1.165) is 18.4 Å². The maximum Gasteiger partial charge on any atom is 0.482 e. The molecule has 0 bridgehead atoms. The van der Waals surface area contributed by atoms with Gasteiger partial charge in [0.1, 0.15) is 0 Å². The van der Waals surface area contributed by atoms with Gasteiger partial charge in [0, 0.05) is 5.69 Å². The Balaban J connectivity index is 2.13. The Morgan fingerprint density at radius 3 is 2.50 bits per heavy atom. The van der Waals surface area contributed by atoms with Crippen LogP contribution in [0.15, 0.2) is 24.3 Å². The minimum atomic E-state index is -4.35. The molecule has 0 amide bonds. The van der Waals surface area contributed by atoms with E-state index in [0.29, 0.717) is 5.92 Å². The van der Waals surface area contributed by atoms with Crippen LogP contribution < -0.4 is 5.32 Å². The lowest BCUT2D eigenvalue weighted by molar-refractivity contribution is -0.0999. The summed E-state index contributed by atoms with van der Waals surface area (Å²) in [6.45, 7) is 0. The van der Waals surface area contributed by atoms with Crippen molar-refractivity contribution in [2.24, 2.45) is 0 Å². The van der Waals surface area contributed by atoms with Gasteiger partial charge in [-0.3, -0.25) is 5.32 Å². The first-order chi connectivity index (χ1) is 6.54. The van der Waals surface area contributed by atoms with Gasteiger partial charge in [-0.2, -0.15) is 13.2 Å². The Bertz CT molecular complexity index is 328. The minimum Gasteiger partial charge on any atom is -0.298 e. The molecule has 1 saturated carbocycles. The third-order valence-electron chi connectivity index (χ3n) is 2.22. The number of hydrogen-bond donors (Lipinski definition) is 1. The Kier molecular flexibility index (Phi) is 2.13. The Labute approximate surface area is 79.9 Å². The molecule has 0 unspecified atom stereocenters. The average Bonchev–Trinajstić information content (AvgIpc) is 2.83. The van der Waals surface area contributed by atoms with E-state index >= 15 is 0 Å². The molecule has 0 aromatic heterocycles. The van der Waals surface area contributed by atoms with Gasteiger partial charge in [-0.1, -0.05) is 12.1 Å². The van der Waals surface area contributed by atoms with E-state index in [1.165, 1.54) is 11.4 Å². The van der Waals surface area contributed by atoms with Crippen LogP contribution in [0.2, 0.25) is 0 Å². The number of rotatable bonds is 2. The lowest BCUT2D eigenvalue weighted by Gasteiger charge is -2.10. The predicted octanol–water partition coefficient (Wildman–Crippen LogP) is 3.50. The SMILES string of the molecule is FC(F)(F)Nc1cccc(C2CC2)c1. The normalized spacial score (nSPS) is 16.8. The summed E-state index contributed by atoms with van der Waals surface area (Å²) >= 11 is 0. The quantitative estimate of drug-likeness (QED) is 0.722. The molecule has 0 heterocycles. The highest BCUT2D eigenvalue weighted by molar-refractivity contribution is 5.47. The average molecular weight is 201 g/mol. The first kappa shape index (κ1) is 9.37. The van der Waals surface area contributed by atoms with E-state index in [-0.39, 0.29) is 5.69 Å². The minimum absolute atomic E-state index is 0.127. The van der Waals surface area contributed by atoms with Crippen LogP contribution in [0.25, 0.3) is 0 Å². The zero-order valence-electron chi connectivity index (χ0n) is 7.43. The smallest absolute Gasteiger partial charge is 0.298 e. The van der Waals surface area contributed by atoms with Crippen molar-refractivity contribution >= 4 is 5.69 Å². The molecule has 0 atom stereocenters. The summed E-state index contributed by atoms with van der Waals surface area (Å²) in [5.74, 6) is 0.477. The molecule has 1 fully saturated rings. The van der Waals surface area contributed by atoms with Crippen molar-refractivity contribution in [1.29, 1.82) is 0 Å². The predicted molar refractivity (Wildman–Crippen MR) is 48.1 cm³/mol. The van der Waals surface area contributed by atoms with Crippen molar-refractivity contribution in [2.45, 2.75) is 25.1 Å². The number of alkyl halides is 3. The fraction of sp³-hybridized carbons (Fsp3) is 0.400. The molecule has 0 aliphatic heterocycles. The van der Waals surface area contributed by atoms with Crippen molar-refractivity contribution < 1.29 is 13.2 Å². The molecule has 14 heavy (non-hydrogen) atoms. The van der Waals surface area contributed by atoms with E-state index in [2.05, 4.69) is 0 Å². The standard InChI is InChI=1S/C10H10F3N/c11-10(12,13)14-9-3-1-2-8(6-9)7-4-5-7/h1-3,6-7,14H,4-5H2. The van der Waals surface area contributed by atoms with Crippen LogP contribution in [-0.4, -0.2) is 6.30 Å². The lowest BCUT2D eigenvalue weighted by Crippen LogP contribution is -2.20. The van der Waals surface area contributed by atoms with Crippen molar-refractivity contribution in [1.82, 2.24) is 0 Å². The third-order valence-corrected chi connectivity index (χ3v) is 2.22. The van der Waals surface area contributed by atoms with E-state index in [4.69, 9.17) is 0 Å². The molecular formula is C10H10F3N. The number of nitrogens with one attached hydrogen (secondary N) is 1. The summed E-state index contributed by atoms with van der Waals surface area (Å²) in [5, 5.41) is 1.50. The lowest BCUT2D eigenvalue weighted by atomic mass is 10.1. The second-order valence-corrected chi connectivity index (χ2v) is 3.52.